The number of amides is 1. The van der Waals surface area contributed by atoms with E-state index in [9.17, 15) is 9.59 Å². The van der Waals surface area contributed by atoms with E-state index in [1.54, 1.807) is 11.7 Å². The molecule has 7 nitrogen and oxygen atoms in total. The van der Waals surface area contributed by atoms with Gasteiger partial charge in [-0.15, -0.1) is 0 Å². The summed E-state index contributed by atoms with van der Waals surface area (Å²) in [6.45, 7) is 4.23. The third-order valence-electron chi connectivity index (χ3n) is 4.68. The first kappa shape index (κ1) is 15.7. The number of aromatic amines is 1. The van der Waals surface area contributed by atoms with Crippen LogP contribution in [-0.2, 0) is 18.3 Å². The average Bonchev–Trinajstić information content (AvgIpc) is 3.28. The van der Waals surface area contributed by atoms with E-state index in [-0.39, 0.29) is 23.9 Å². The van der Waals surface area contributed by atoms with Crippen molar-refractivity contribution >= 4 is 16.9 Å². The van der Waals surface area contributed by atoms with Crippen molar-refractivity contribution in [2.75, 3.05) is 6.54 Å². The minimum atomic E-state index is -0.176. The van der Waals surface area contributed by atoms with E-state index < -0.39 is 0 Å². The number of aromatic nitrogens is 3. The molecule has 1 unspecified atom stereocenters. The molecule has 0 spiro atoms. The van der Waals surface area contributed by atoms with Crippen molar-refractivity contribution < 1.29 is 4.79 Å². The van der Waals surface area contributed by atoms with Gasteiger partial charge in [0.2, 0.25) is 5.91 Å². The van der Waals surface area contributed by atoms with Crippen LogP contribution >= 0.6 is 0 Å². The molecule has 23 heavy (non-hydrogen) atoms. The predicted molar refractivity (Wildman–Crippen MR) is 88.2 cm³/mol. The standard InChI is InChI=1S/C16H23N5O2/c1-8-11(6-13(22)18-7-12(17)10-4-5-10)9(2)19-15-14(8)16(23)20-21(15)3/h10,12H,4-7,17H2,1-3H3,(H,18,22)(H,20,23). The molecule has 4 N–H and O–H groups in total. The van der Waals surface area contributed by atoms with E-state index in [4.69, 9.17) is 5.73 Å². The van der Waals surface area contributed by atoms with Crippen LogP contribution < -0.4 is 16.6 Å². The number of hydrogen-bond donors (Lipinski definition) is 3. The summed E-state index contributed by atoms with van der Waals surface area (Å²) < 4.78 is 1.61. The molecule has 0 aliphatic heterocycles. The maximum absolute atomic E-state index is 12.2. The van der Waals surface area contributed by atoms with Gasteiger partial charge in [0, 0.05) is 25.3 Å². The van der Waals surface area contributed by atoms with E-state index in [2.05, 4.69) is 15.4 Å². The summed E-state index contributed by atoms with van der Waals surface area (Å²) in [5.74, 6) is 0.473. The fourth-order valence-electron chi connectivity index (χ4n) is 3.05. The summed E-state index contributed by atoms with van der Waals surface area (Å²) in [5.41, 5.74) is 8.84. The number of nitrogens with zero attached hydrogens (tertiary/aromatic N) is 2. The third-order valence-corrected chi connectivity index (χ3v) is 4.68. The zero-order chi connectivity index (χ0) is 16.7. The summed E-state index contributed by atoms with van der Waals surface area (Å²) in [5, 5.41) is 6.15. The number of fused-ring (bicyclic) bond motifs is 1. The summed E-state index contributed by atoms with van der Waals surface area (Å²) in [6.07, 6.45) is 2.53. The van der Waals surface area contributed by atoms with E-state index in [0.717, 1.165) is 29.7 Å². The normalized spacial score (nSPS) is 15.8. The van der Waals surface area contributed by atoms with Crippen molar-refractivity contribution in [1.82, 2.24) is 20.1 Å². The van der Waals surface area contributed by atoms with Gasteiger partial charge >= 0.3 is 0 Å². The molecule has 1 aliphatic rings. The van der Waals surface area contributed by atoms with Crippen LogP contribution in [0, 0.1) is 19.8 Å². The van der Waals surface area contributed by atoms with Gasteiger partial charge in [-0.1, -0.05) is 0 Å². The molecule has 1 aliphatic carbocycles. The Hall–Kier alpha value is -2.15. The predicted octanol–water partition coefficient (Wildman–Crippen LogP) is 0.274. The van der Waals surface area contributed by atoms with Gasteiger partial charge in [-0.3, -0.25) is 19.4 Å². The number of carbonyl (C=O) groups excluding carboxylic acids is 1. The van der Waals surface area contributed by atoms with Crippen LogP contribution in [0.4, 0.5) is 0 Å². The first-order valence-electron chi connectivity index (χ1n) is 7.95. The topological polar surface area (TPSA) is 106 Å². The van der Waals surface area contributed by atoms with Crippen LogP contribution in [0.3, 0.4) is 0 Å². The molecule has 0 bridgehead atoms. The monoisotopic (exact) mass is 317 g/mol. The van der Waals surface area contributed by atoms with Crippen LogP contribution in [0.25, 0.3) is 11.0 Å². The van der Waals surface area contributed by atoms with Crippen molar-refractivity contribution in [3.8, 4) is 0 Å². The number of carbonyl (C=O) groups is 1. The second-order valence-corrected chi connectivity index (χ2v) is 6.48. The Morgan fingerprint density at radius 3 is 2.83 bits per heavy atom. The summed E-state index contributed by atoms with van der Waals surface area (Å²) in [6, 6.07) is 0.0405. The van der Waals surface area contributed by atoms with Gasteiger partial charge in [0.15, 0.2) is 5.65 Å². The fourth-order valence-corrected chi connectivity index (χ4v) is 3.05. The number of aryl methyl sites for hydroxylation is 3. The van der Waals surface area contributed by atoms with Gasteiger partial charge in [0.25, 0.3) is 5.56 Å². The lowest BCUT2D eigenvalue weighted by Crippen LogP contribution is -2.39. The van der Waals surface area contributed by atoms with Gasteiger partial charge in [-0.25, -0.2) is 4.98 Å². The van der Waals surface area contributed by atoms with E-state index in [1.807, 2.05) is 13.8 Å². The zero-order valence-electron chi connectivity index (χ0n) is 13.8. The van der Waals surface area contributed by atoms with Crippen molar-refractivity contribution in [2.45, 2.75) is 39.2 Å². The largest absolute Gasteiger partial charge is 0.354 e. The van der Waals surface area contributed by atoms with E-state index in [0.29, 0.717) is 23.5 Å². The molecule has 1 amide bonds. The summed E-state index contributed by atoms with van der Waals surface area (Å²) in [7, 11) is 1.75. The quantitative estimate of drug-likeness (QED) is 0.736. The van der Waals surface area contributed by atoms with Gasteiger partial charge in [-0.05, 0) is 43.7 Å². The molecule has 1 saturated carbocycles. The molecule has 0 aromatic carbocycles. The van der Waals surface area contributed by atoms with E-state index >= 15 is 0 Å². The number of pyridine rings is 1. The van der Waals surface area contributed by atoms with Crippen molar-refractivity contribution in [3.05, 3.63) is 27.2 Å². The molecule has 2 heterocycles. The first-order valence-corrected chi connectivity index (χ1v) is 7.95. The molecule has 1 atom stereocenters. The van der Waals surface area contributed by atoms with Crippen LogP contribution in [0.1, 0.15) is 29.7 Å². The Morgan fingerprint density at radius 2 is 2.17 bits per heavy atom. The molecule has 0 saturated heterocycles. The molecule has 2 aromatic rings. The molecule has 2 aromatic heterocycles. The minimum Gasteiger partial charge on any atom is -0.354 e. The highest BCUT2D eigenvalue weighted by Crippen LogP contribution is 2.31. The molecule has 7 heteroatoms. The van der Waals surface area contributed by atoms with Gasteiger partial charge in [0.05, 0.1) is 11.8 Å². The Labute approximate surface area is 134 Å². The lowest BCUT2D eigenvalue weighted by atomic mass is 10.0. The summed E-state index contributed by atoms with van der Waals surface area (Å²) >= 11 is 0. The maximum atomic E-state index is 12.2. The SMILES string of the molecule is Cc1nc2c(c(C)c1CC(=O)NCC(N)C1CC1)c(=O)[nH]n2C. The highest BCUT2D eigenvalue weighted by Gasteiger charge is 2.28. The van der Waals surface area contributed by atoms with Crippen LogP contribution in [0.5, 0.6) is 0 Å². The Kier molecular flexibility index (Phi) is 3.97. The molecule has 1 fully saturated rings. The number of nitrogens with one attached hydrogen (secondary N) is 2. The number of rotatable bonds is 5. The molecular weight excluding hydrogens is 294 g/mol. The molecule has 124 valence electrons. The lowest BCUT2D eigenvalue weighted by molar-refractivity contribution is -0.120. The van der Waals surface area contributed by atoms with Crippen molar-refractivity contribution in [3.63, 3.8) is 0 Å². The Bertz CT molecular complexity index is 816. The number of nitrogens with two attached hydrogens (primary N) is 1. The molecule has 0 radical (unpaired) electrons. The maximum Gasteiger partial charge on any atom is 0.273 e. The Morgan fingerprint density at radius 1 is 1.48 bits per heavy atom. The van der Waals surface area contributed by atoms with Crippen molar-refractivity contribution in [2.24, 2.45) is 18.7 Å². The average molecular weight is 317 g/mol. The lowest BCUT2D eigenvalue weighted by Gasteiger charge is -2.13. The number of hydrogen-bond acceptors (Lipinski definition) is 4. The van der Waals surface area contributed by atoms with E-state index in [1.165, 1.54) is 0 Å². The van der Waals surface area contributed by atoms with Crippen LogP contribution in [0.2, 0.25) is 0 Å². The molecule has 3 rings (SSSR count). The Balaban J connectivity index is 1.80. The van der Waals surface area contributed by atoms with Crippen LogP contribution in [-0.4, -0.2) is 33.3 Å². The van der Waals surface area contributed by atoms with Gasteiger partial charge in [0.1, 0.15) is 0 Å². The summed E-state index contributed by atoms with van der Waals surface area (Å²) in [4.78, 5) is 28.7. The second-order valence-electron chi connectivity index (χ2n) is 6.48. The highest BCUT2D eigenvalue weighted by molar-refractivity contribution is 5.84. The zero-order valence-corrected chi connectivity index (χ0v) is 13.8. The highest BCUT2D eigenvalue weighted by atomic mass is 16.1. The second kappa shape index (κ2) is 5.81. The van der Waals surface area contributed by atoms with Gasteiger partial charge < -0.3 is 11.1 Å². The van der Waals surface area contributed by atoms with Crippen LogP contribution in [0.15, 0.2) is 4.79 Å². The number of H-pyrrole nitrogens is 1. The molecular formula is C16H23N5O2. The first-order chi connectivity index (χ1) is 10.9. The smallest absolute Gasteiger partial charge is 0.273 e. The minimum absolute atomic E-state index is 0.0405. The fraction of sp³-hybridized carbons (Fsp3) is 0.562. The third kappa shape index (κ3) is 3.01. The van der Waals surface area contributed by atoms with Gasteiger partial charge in [-0.2, -0.15) is 0 Å². The van der Waals surface area contributed by atoms with Crippen molar-refractivity contribution in [1.29, 1.82) is 0 Å².